The number of aliphatic imine (C=N–C) groups is 1. The zero-order valence-electron chi connectivity index (χ0n) is 23.0. The summed E-state index contributed by atoms with van der Waals surface area (Å²) in [6.45, 7) is 4.88. The first kappa shape index (κ1) is 26.9. The quantitative estimate of drug-likeness (QED) is 0.220. The molecular weight excluding hydrogens is 533 g/mol. The minimum absolute atomic E-state index is 0.198. The van der Waals surface area contributed by atoms with Crippen LogP contribution in [0.4, 0.5) is 15.9 Å². The van der Waals surface area contributed by atoms with E-state index in [1.807, 2.05) is 4.90 Å². The van der Waals surface area contributed by atoms with E-state index >= 15 is 0 Å². The van der Waals surface area contributed by atoms with Crippen LogP contribution in [0.1, 0.15) is 11.4 Å². The van der Waals surface area contributed by atoms with Gasteiger partial charge in [-0.3, -0.25) is 29.4 Å². The lowest BCUT2D eigenvalue weighted by Crippen LogP contribution is -2.47. The number of ether oxygens (including phenoxy) is 2. The molecule has 0 radical (unpaired) electrons. The SMILES string of the molecule is COCCOc1ccc(N2CCN(CCn3c(=O)n(C)n4c5c(nc34)N(N)CN=C5c3cnccn3)CC2)c(F)c1. The number of nitrogens with zero attached hydrogens (tertiary/aromatic N) is 10. The van der Waals surface area contributed by atoms with Crippen molar-refractivity contribution in [2.45, 2.75) is 6.54 Å². The fraction of sp³-hybridized carbons (Fsp3) is 0.423. The van der Waals surface area contributed by atoms with Crippen LogP contribution in [0, 0.1) is 5.82 Å². The zero-order valence-corrected chi connectivity index (χ0v) is 23.0. The van der Waals surface area contributed by atoms with E-state index in [1.165, 1.54) is 15.8 Å². The molecule has 0 spiro atoms. The Morgan fingerprint density at radius 3 is 2.66 bits per heavy atom. The summed E-state index contributed by atoms with van der Waals surface area (Å²) in [6, 6.07) is 4.95. The van der Waals surface area contributed by atoms with Gasteiger partial charge < -0.3 is 14.4 Å². The van der Waals surface area contributed by atoms with Gasteiger partial charge in [0.1, 0.15) is 41.9 Å². The highest BCUT2D eigenvalue weighted by molar-refractivity contribution is 6.14. The van der Waals surface area contributed by atoms with Gasteiger partial charge in [-0.05, 0) is 12.1 Å². The van der Waals surface area contributed by atoms with E-state index in [4.69, 9.17) is 20.3 Å². The van der Waals surface area contributed by atoms with Gasteiger partial charge in [-0.1, -0.05) is 0 Å². The Balaban J connectivity index is 1.15. The predicted molar refractivity (Wildman–Crippen MR) is 150 cm³/mol. The van der Waals surface area contributed by atoms with Crippen molar-refractivity contribution in [3.05, 3.63) is 64.5 Å². The number of hydrogen-bond donors (Lipinski definition) is 1. The average molecular weight is 566 g/mol. The third kappa shape index (κ3) is 5.03. The molecule has 2 aliphatic heterocycles. The lowest BCUT2D eigenvalue weighted by atomic mass is 10.2. The molecule has 2 aliphatic rings. The van der Waals surface area contributed by atoms with Gasteiger partial charge in [0.05, 0.1) is 18.5 Å². The fourth-order valence-electron chi connectivity index (χ4n) is 5.24. The maximum absolute atomic E-state index is 14.8. The Hall–Kier alpha value is -4.34. The zero-order chi connectivity index (χ0) is 28.5. The number of anilines is 2. The van der Waals surface area contributed by atoms with Crippen molar-refractivity contribution in [3.8, 4) is 5.75 Å². The first-order valence-electron chi connectivity index (χ1n) is 13.4. The number of benzene rings is 1. The first-order valence-corrected chi connectivity index (χ1v) is 13.4. The van der Waals surface area contributed by atoms with Crippen molar-refractivity contribution >= 4 is 23.0 Å². The third-order valence-electron chi connectivity index (χ3n) is 7.38. The molecule has 15 heteroatoms. The van der Waals surface area contributed by atoms with Gasteiger partial charge in [0.2, 0.25) is 5.78 Å². The standard InChI is InChI=1S/C26H32FN11O3/c1-33-26(39)36(25-32-24-23(38(25)33)22(31-17-37(24)28)20-16-29-5-6-30-20)12-9-34-7-10-35(11-8-34)21-4-3-18(15-19(21)27)41-14-13-40-2/h3-6,15-16H,7-14,17,28H2,1-2H3. The Morgan fingerprint density at radius 1 is 1.10 bits per heavy atom. The molecule has 41 heavy (non-hydrogen) atoms. The van der Waals surface area contributed by atoms with Crippen LogP contribution >= 0.6 is 0 Å². The van der Waals surface area contributed by atoms with E-state index in [9.17, 15) is 9.18 Å². The molecule has 14 nitrogen and oxygen atoms in total. The summed E-state index contributed by atoms with van der Waals surface area (Å²) < 4.78 is 30.2. The van der Waals surface area contributed by atoms with E-state index in [1.54, 1.807) is 54.0 Å². The predicted octanol–water partition coefficient (Wildman–Crippen LogP) is 0.0996. The summed E-state index contributed by atoms with van der Waals surface area (Å²) >= 11 is 0. The van der Waals surface area contributed by atoms with Crippen molar-refractivity contribution in [1.29, 1.82) is 0 Å². The van der Waals surface area contributed by atoms with E-state index in [-0.39, 0.29) is 18.2 Å². The number of imidazole rings is 1. The van der Waals surface area contributed by atoms with Crippen LogP contribution in [0.15, 0.2) is 46.6 Å². The van der Waals surface area contributed by atoms with Crippen molar-refractivity contribution in [1.82, 2.24) is 33.6 Å². The van der Waals surface area contributed by atoms with Crippen LogP contribution in [-0.2, 0) is 18.3 Å². The van der Waals surface area contributed by atoms with Crippen LogP contribution in [-0.4, -0.2) is 99.0 Å². The molecule has 0 aliphatic carbocycles. The van der Waals surface area contributed by atoms with E-state index in [2.05, 4.69) is 19.9 Å². The lowest BCUT2D eigenvalue weighted by Gasteiger charge is -2.36. The molecule has 0 bridgehead atoms. The molecule has 1 fully saturated rings. The van der Waals surface area contributed by atoms with Gasteiger partial charge in [-0.15, -0.1) is 0 Å². The number of fused-ring (bicyclic) bond motifs is 3. The number of halogens is 1. The maximum Gasteiger partial charge on any atom is 0.345 e. The Labute approximate surface area is 235 Å². The van der Waals surface area contributed by atoms with E-state index in [0.29, 0.717) is 79.5 Å². The molecule has 1 aromatic carbocycles. The van der Waals surface area contributed by atoms with Crippen LogP contribution < -0.4 is 26.2 Å². The van der Waals surface area contributed by atoms with E-state index in [0.717, 1.165) is 13.1 Å². The third-order valence-corrected chi connectivity index (χ3v) is 7.38. The normalized spacial score (nSPS) is 15.9. The lowest BCUT2D eigenvalue weighted by molar-refractivity contribution is 0.146. The second-order valence-corrected chi connectivity index (χ2v) is 9.85. The molecule has 0 saturated carbocycles. The van der Waals surface area contributed by atoms with Gasteiger partial charge in [-0.2, -0.15) is 4.98 Å². The number of methoxy groups -OCH3 is 1. The minimum Gasteiger partial charge on any atom is -0.491 e. The number of hydrazine groups is 1. The van der Waals surface area contributed by atoms with Crippen LogP contribution in [0.2, 0.25) is 0 Å². The molecule has 216 valence electrons. The largest absolute Gasteiger partial charge is 0.491 e. The molecule has 1 saturated heterocycles. The van der Waals surface area contributed by atoms with Crippen molar-refractivity contribution in [2.75, 3.05) is 69.6 Å². The molecule has 6 rings (SSSR count). The second-order valence-electron chi connectivity index (χ2n) is 9.85. The fourth-order valence-corrected chi connectivity index (χ4v) is 5.24. The highest BCUT2D eigenvalue weighted by Crippen LogP contribution is 2.27. The Bertz CT molecular complexity index is 1620. The highest BCUT2D eigenvalue weighted by Gasteiger charge is 2.31. The summed E-state index contributed by atoms with van der Waals surface area (Å²) in [5.74, 6) is 7.38. The number of aryl methyl sites for hydroxylation is 1. The molecular formula is C26H32FN11O3. The molecule has 3 aromatic heterocycles. The van der Waals surface area contributed by atoms with Gasteiger partial charge >= 0.3 is 5.69 Å². The number of rotatable bonds is 9. The van der Waals surface area contributed by atoms with Crippen LogP contribution in [0.5, 0.6) is 5.75 Å². The molecule has 4 aromatic rings. The summed E-state index contributed by atoms with van der Waals surface area (Å²) in [4.78, 5) is 35.4. The summed E-state index contributed by atoms with van der Waals surface area (Å²) in [5.41, 5.74) is 2.11. The molecule has 0 atom stereocenters. The first-order chi connectivity index (χ1) is 20.0. The molecule has 2 N–H and O–H groups in total. The molecule has 0 unspecified atom stereocenters. The maximum atomic E-state index is 14.8. The number of nitrogens with two attached hydrogens (primary N) is 1. The average Bonchev–Trinajstić information content (AvgIpc) is 3.49. The monoisotopic (exact) mass is 565 g/mol. The van der Waals surface area contributed by atoms with Crippen molar-refractivity contribution in [3.63, 3.8) is 0 Å². The van der Waals surface area contributed by atoms with Gasteiger partial charge in [0.25, 0.3) is 0 Å². The van der Waals surface area contributed by atoms with Crippen molar-refractivity contribution < 1.29 is 13.9 Å². The highest BCUT2D eigenvalue weighted by atomic mass is 19.1. The topological polar surface area (TPSA) is 137 Å². The smallest absolute Gasteiger partial charge is 0.345 e. The Morgan fingerprint density at radius 2 is 1.93 bits per heavy atom. The molecule has 0 amide bonds. The van der Waals surface area contributed by atoms with Gasteiger partial charge in [0, 0.05) is 71.9 Å². The summed E-state index contributed by atoms with van der Waals surface area (Å²) in [7, 11) is 3.29. The van der Waals surface area contributed by atoms with Crippen molar-refractivity contribution in [2.24, 2.45) is 17.9 Å². The van der Waals surface area contributed by atoms with E-state index < -0.39 is 0 Å². The Kier molecular flexibility index (Phi) is 7.38. The molecule has 5 heterocycles. The summed E-state index contributed by atoms with van der Waals surface area (Å²) in [6.07, 6.45) is 4.81. The summed E-state index contributed by atoms with van der Waals surface area (Å²) in [5, 5.41) is 1.45. The minimum atomic E-state index is -0.312. The van der Waals surface area contributed by atoms with Gasteiger partial charge in [0.15, 0.2) is 5.82 Å². The van der Waals surface area contributed by atoms with Gasteiger partial charge in [-0.25, -0.2) is 24.2 Å². The number of piperazine rings is 1. The van der Waals surface area contributed by atoms with Crippen LogP contribution in [0.3, 0.4) is 0 Å². The number of hydrogen-bond acceptors (Lipinski definition) is 11. The second kappa shape index (κ2) is 11.3. The van der Waals surface area contributed by atoms with Crippen LogP contribution in [0.25, 0.3) is 5.78 Å². The number of aromatic nitrogens is 6.